The van der Waals surface area contributed by atoms with Crippen molar-refractivity contribution in [2.45, 2.75) is 90.8 Å². The minimum atomic E-state index is -0.444. The second-order valence-corrected chi connectivity index (χ2v) is 10.6. The average molecular weight is 306 g/mol. The number of hydrogen-bond acceptors (Lipinski definition) is 2. The third kappa shape index (κ3) is 1.86. The molecule has 0 radical (unpaired) electrons. The Morgan fingerprint density at radius 1 is 0.864 bits per heavy atom. The van der Waals surface area contributed by atoms with Gasteiger partial charge in [0.05, 0.1) is 11.7 Å². The predicted octanol–water partition coefficient (Wildman–Crippen LogP) is 4.14. The Morgan fingerprint density at radius 3 is 2.32 bits per heavy atom. The Balaban J connectivity index is 1.74. The van der Waals surface area contributed by atoms with Gasteiger partial charge in [0.15, 0.2) is 0 Å². The molecular formula is C20H34O2. The van der Waals surface area contributed by atoms with Gasteiger partial charge in [0.25, 0.3) is 0 Å². The summed E-state index contributed by atoms with van der Waals surface area (Å²) in [6, 6.07) is 0. The summed E-state index contributed by atoms with van der Waals surface area (Å²) in [7, 11) is 0. The van der Waals surface area contributed by atoms with Crippen LogP contribution >= 0.6 is 0 Å². The zero-order chi connectivity index (χ0) is 16.0. The molecule has 1 spiro atoms. The molecule has 2 unspecified atom stereocenters. The maximum absolute atomic E-state index is 10.9. The molecule has 0 saturated heterocycles. The summed E-state index contributed by atoms with van der Waals surface area (Å²) in [6.07, 6.45) is 9.14. The zero-order valence-electron chi connectivity index (χ0n) is 14.9. The molecule has 4 fully saturated rings. The summed E-state index contributed by atoms with van der Waals surface area (Å²) in [4.78, 5) is 0. The van der Waals surface area contributed by atoms with Crippen LogP contribution in [0.1, 0.15) is 79.1 Å². The average Bonchev–Trinajstić information content (AvgIpc) is 2.52. The Kier molecular flexibility index (Phi) is 3.02. The Labute approximate surface area is 135 Å². The van der Waals surface area contributed by atoms with Crippen LogP contribution in [0.5, 0.6) is 0 Å². The fourth-order valence-electron chi connectivity index (χ4n) is 8.29. The molecular weight excluding hydrogens is 272 g/mol. The SMILES string of the molecule is CC1(C)CC(O)C[C@]2(C)[C@H]1CC[C@@]13CC(CC[C@@H]12)[C@](C)(O)C3. The van der Waals surface area contributed by atoms with E-state index < -0.39 is 5.60 Å². The standard InChI is InChI=1S/C20H34O2/c1-17(2)10-14(21)11-18(3)15(17)7-8-20-9-13(5-6-16(18)20)19(4,22)12-20/h13-16,21-22H,5-12H2,1-4H3/t13?,14?,15-,16+,18+,19+,20-/m0/s1. The maximum Gasteiger partial charge on any atom is 0.0653 e. The first-order valence-corrected chi connectivity index (χ1v) is 9.50. The minimum Gasteiger partial charge on any atom is -0.393 e. The van der Waals surface area contributed by atoms with E-state index in [9.17, 15) is 10.2 Å². The lowest BCUT2D eigenvalue weighted by molar-refractivity contribution is -0.171. The van der Waals surface area contributed by atoms with E-state index in [-0.39, 0.29) is 16.9 Å². The topological polar surface area (TPSA) is 40.5 Å². The first-order valence-electron chi connectivity index (χ1n) is 9.50. The second-order valence-electron chi connectivity index (χ2n) is 10.6. The van der Waals surface area contributed by atoms with Gasteiger partial charge in [-0.1, -0.05) is 20.8 Å². The number of hydrogen-bond donors (Lipinski definition) is 2. The highest BCUT2D eigenvalue weighted by Crippen LogP contribution is 2.72. The molecule has 126 valence electrons. The molecule has 2 heteroatoms. The third-order valence-electron chi connectivity index (χ3n) is 8.69. The highest BCUT2D eigenvalue weighted by Gasteiger charge is 2.66. The summed E-state index contributed by atoms with van der Waals surface area (Å²) in [5.74, 6) is 1.96. The quantitative estimate of drug-likeness (QED) is 0.706. The van der Waals surface area contributed by atoms with Gasteiger partial charge in [-0.3, -0.25) is 0 Å². The number of rotatable bonds is 0. The molecule has 2 nitrogen and oxygen atoms in total. The van der Waals surface area contributed by atoms with Crippen molar-refractivity contribution in [3.63, 3.8) is 0 Å². The van der Waals surface area contributed by atoms with Crippen molar-refractivity contribution in [2.75, 3.05) is 0 Å². The van der Waals surface area contributed by atoms with Crippen molar-refractivity contribution < 1.29 is 10.2 Å². The van der Waals surface area contributed by atoms with E-state index in [1.165, 1.54) is 32.1 Å². The van der Waals surface area contributed by atoms with Crippen molar-refractivity contribution in [3.8, 4) is 0 Å². The molecule has 0 aromatic rings. The van der Waals surface area contributed by atoms with Crippen LogP contribution in [0.3, 0.4) is 0 Å². The molecule has 0 aromatic heterocycles. The highest BCUT2D eigenvalue weighted by molar-refractivity contribution is 5.16. The van der Waals surface area contributed by atoms with Gasteiger partial charge in [0.2, 0.25) is 0 Å². The van der Waals surface area contributed by atoms with Gasteiger partial charge in [-0.25, -0.2) is 0 Å². The highest BCUT2D eigenvalue weighted by atomic mass is 16.3. The molecule has 4 saturated carbocycles. The summed E-state index contributed by atoms with van der Waals surface area (Å²) in [5.41, 5.74) is 0.447. The summed E-state index contributed by atoms with van der Waals surface area (Å²) in [5, 5.41) is 21.4. The van der Waals surface area contributed by atoms with Gasteiger partial charge in [0, 0.05) is 0 Å². The Hall–Kier alpha value is -0.0800. The molecule has 0 aromatic carbocycles. The number of aliphatic hydroxyl groups excluding tert-OH is 1. The second kappa shape index (κ2) is 4.30. The monoisotopic (exact) mass is 306 g/mol. The van der Waals surface area contributed by atoms with Crippen LogP contribution in [0.25, 0.3) is 0 Å². The Morgan fingerprint density at radius 2 is 1.59 bits per heavy atom. The van der Waals surface area contributed by atoms with Gasteiger partial charge in [-0.15, -0.1) is 0 Å². The summed E-state index contributed by atoms with van der Waals surface area (Å²) < 4.78 is 0. The molecule has 2 bridgehead atoms. The van der Waals surface area contributed by atoms with Crippen molar-refractivity contribution in [1.82, 2.24) is 0 Å². The van der Waals surface area contributed by atoms with Crippen LogP contribution in [0.2, 0.25) is 0 Å². The molecule has 4 rings (SSSR count). The molecule has 7 atom stereocenters. The van der Waals surface area contributed by atoms with Crippen LogP contribution in [-0.2, 0) is 0 Å². The van der Waals surface area contributed by atoms with Gasteiger partial charge in [-0.05, 0) is 92.3 Å². The van der Waals surface area contributed by atoms with Crippen molar-refractivity contribution in [3.05, 3.63) is 0 Å². The largest absolute Gasteiger partial charge is 0.393 e. The molecule has 22 heavy (non-hydrogen) atoms. The predicted molar refractivity (Wildman–Crippen MR) is 88.4 cm³/mol. The zero-order valence-corrected chi connectivity index (χ0v) is 14.9. The van der Waals surface area contributed by atoms with E-state index in [2.05, 4.69) is 27.7 Å². The molecule has 4 aliphatic carbocycles. The first-order chi connectivity index (χ1) is 10.1. The third-order valence-corrected chi connectivity index (χ3v) is 8.69. The van der Waals surface area contributed by atoms with Crippen LogP contribution in [0.4, 0.5) is 0 Å². The van der Waals surface area contributed by atoms with E-state index in [4.69, 9.17) is 0 Å². The summed E-state index contributed by atoms with van der Waals surface area (Å²) in [6.45, 7) is 9.34. The molecule has 0 amide bonds. The smallest absolute Gasteiger partial charge is 0.0653 e. The van der Waals surface area contributed by atoms with E-state index >= 15 is 0 Å². The molecule has 0 aliphatic heterocycles. The lowest BCUT2D eigenvalue weighted by atomic mass is 9.41. The van der Waals surface area contributed by atoms with Gasteiger partial charge < -0.3 is 10.2 Å². The number of fused-ring (bicyclic) bond motifs is 3. The Bertz CT molecular complexity index is 482. The molecule has 2 N–H and O–H groups in total. The van der Waals surface area contributed by atoms with Gasteiger partial charge in [-0.2, -0.15) is 0 Å². The van der Waals surface area contributed by atoms with Crippen molar-refractivity contribution in [1.29, 1.82) is 0 Å². The lowest BCUT2D eigenvalue weighted by Gasteiger charge is -2.64. The van der Waals surface area contributed by atoms with E-state index in [1.54, 1.807) is 0 Å². The first kappa shape index (κ1) is 15.4. The van der Waals surface area contributed by atoms with Crippen LogP contribution in [-0.4, -0.2) is 21.9 Å². The van der Waals surface area contributed by atoms with E-state index in [0.717, 1.165) is 25.2 Å². The van der Waals surface area contributed by atoms with E-state index in [0.29, 0.717) is 17.3 Å². The minimum absolute atomic E-state index is 0.133. The van der Waals surface area contributed by atoms with Crippen LogP contribution in [0.15, 0.2) is 0 Å². The molecule has 4 aliphatic rings. The van der Waals surface area contributed by atoms with Gasteiger partial charge >= 0.3 is 0 Å². The van der Waals surface area contributed by atoms with Crippen molar-refractivity contribution >= 4 is 0 Å². The fraction of sp³-hybridized carbons (Fsp3) is 1.00. The van der Waals surface area contributed by atoms with Crippen LogP contribution < -0.4 is 0 Å². The lowest BCUT2D eigenvalue weighted by Crippen LogP contribution is -2.58. The van der Waals surface area contributed by atoms with Crippen LogP contribution in [0, 0.1) is 34.0 Å². The summed E-state index contributed by atoms with van der Waals surface area (Å²) >= 11 is 0. The fourth-order valence-corrected chi connectivity index (χ4v) is 8.29. The maximum atomic E-state index is 10.9. The van der Waals surface area contributed by atoms with E-state index in [1.807, 2.05) is 0 Å². The normalized spacial score (nSPS) is 59.7. The van der Waals surface area contributed by atoms with Gasteiger partial charge in [0.1, 0.15) is 0 Å². The molecule has 0 heterocycles. The van der Waals surface area contributed by atoms with Crippen molar-refractivity contribution in [2.24, 2.45) is 34.0 Å². The number of aliphatic hydroxyl groups is 2.